The fraction of sp³-hybridized carbons (Fsp3) is 0.588. The van der Waals surface area contributed by atoms with E-state index in [0.29, 0.717) is 16.9 Å². The van der Waals surface area contributed by atoms with Crippen molar-refractivity contribution in [1.29, 1.82) is 0 Å². The zero-order valence-electron chi connectivity index (χ0n) is 14.4. The molecule has 5 nitrogen and oxygen atoms in total. The topological polar surface area (TPSA) is 75.8 Å². The van der Waals surface area contributed by atoms with Crippen LogP contribution in [0.25, 0.3) is 0 Å². The third kappa shape index (κ3) is 4.70. The number of nitrogens with two attached hydrogens (primary N) is 1. The highest BCUT2D eigenvalue weighted by molar-refractivity contribution is 7.91. The summed E-state index contributed by atoms with van der Waals surface area (Å²) in [5.74, 6) is 0.395. The SMILES string of the molecule is CN(C(N)=NCCS(=O)(=O)c1ccc(C(C)(C)C)cc1)C1CC1. The number of nitrogens with zero attached hydrogens (tertiary/aromatic N) is 2. The van der Waals surface area contributed by atoms with Crippen molar-refractivity contribution in [2.24, 2.45) is 10.7 Å². The van der Waals surface area contributed by atoms with Crippen LogP contribution in [-0.4, -0.2) is 44.7 Å². The lowest BCUT2D eigenvalue weighted by Crippen LogP contribution is -2.36. The third-order valence-corrected chi connectivity index (χ3v) is 5.88. The molecule has 2 rings (SSSR count). The van der Waals surface area contributed by atoms with Crippen molar-refractivity contribution in [3.63, 3.8) is 0 Å². The lowest BCUT2D eigenvalue weighted by molar-refractivity contribution is 0.488. The first-order valence-corrected chi connectivity index (χ1v) is 9.62. The zero-order chi connectivity index (χ0) is 17.3. The van der Waals surface area contributed by atoms with Crippen molar-refractivity contribution in [3.8, 4) is 0 Å². The van der Waals surface area contributed by atoms with Crippen LogP contribution in [0.15, 0.2) is 34.2 Å². The van der Waals surface area contributed by atoms with Gasteiger partial charge in [0.15, 0.2) is 15.8 Å². The first-order valence-electron chi connectivity index (χ1n) is 7.97. The summed E-state index contributed by atoms with van der Waals surface area (Å²) in [7, 11) is -1.43. The van der Waals surface area contributed by atoms with Crippen molar-refractivity contribution >= 4 is 15.8 Å². The van der Waals surface area contributed by atoms with Crippen LogP contribution in [0.3, 0.4) is 0 Å². The number of hydrogen-bond donors (Lipinski definition) is 1. The Kier molecular flexibility index (Phi) is 5.04. The van der Waals surface area contributed by atoms with Gasteiger partial charge in [-0.05, 0) is 36.0 Å². The lowest BCUT2D eigenvalue weighted by Gasteiger charge is -2.19. The number of benzene rings is 1. The summed E-state index contributed by atoms with van der Waals surface area (Å²) < 4.78 is 24.7. The highest BCUT2D eigenvalue weighted by Gasteiger charge is 2.27. The predicted octanol–water partition coefficient (Wildman–Crippen LogP) is 2.17. The summed E-state index contributed by atoms with van der Waals surface area (Å²) in [4.78, 5) is 6.46. The van der Waals surface area contributed by atoms with Crippen LogP contribution < -0.4 is 5.73 Å². The number of hydrogen-bond acceptors (Lipinski definition) is 3. The van der Waals surface area contributed by atoms with Gasteiger partial charge in [-0.1, -0.05) is 32.9 Å². The second kappa shape index (κ2) is 6.51. The summed E-state index contributed by atoms with van der Waals surface area (Å²) in [6, 6.07) is 7.59. The molecule has 1 aliphatic rings. The average Bonchev–Trinajstić information content (AvgIpc) is 3.30. The number of rotatable bonds is 5. The van der Waals surface area contributed by atoms with Crippen molar-refractivity contribution < 1.29 is 8.42 Å². The monoisotopic (exact) mass is 337 g/mol. The minimum absolute atomic E-state index is 0.00836. The summed E-state index contributed by atoms with van der Waals surface area (Å²) in [5.41, 5.74) is 7.00. The number of guanidine groups is 1. The zero-order valence-corrected chi connectivity index (χ0v) is 15.2. The molecule has 0 atom stereocenters. The molecule has 0 bridgehead atoms. The van der Waals surface area contributed by atoms with E-state index in [2.05, 4.69) is 25.8 Å². The molecule has 1 fully saturated rings. The summed E-state index contributed by atoms with van der Waals surface area (Å²) in [6.45, 7) is 6.49. The molecule has 6 heteroatoms. The van der Waals surface area contributed by atoms with E-state index in [9.17, 15) is 8.42 Å². The molecule has 1 aliphatic carbocycles. The Balaban J connectivity index is 2.00. The van der Waals surface area contributed by atoms with Crippen molar-refractivity contribution in [1.82, 2.24) is 4.90 Å². The summed E-state index contributed by atoms with van der Waals surface area (Å²) in [6.07, 6.45) is 2.26. The Bertz CT molecular complexity index is 669. The molecule has 23 heavy (non-hydrogen) atoms. The first-order chi connectivity index (χ1) is 10.6. The fourth-order valence-electron chi connectivity index (χ4n) is 2.32. The van der Waals surface area contributed by atoms with Gasteiger partial charge < -0.3 is 10.6 Å². The largest absolute Gasteiger partial charge is 0.370 e. The number of sulfone groups is 1. The molecule has 128 valence electrons. The van der Waals surface area contributed by atoms with E-state index in [1.165, 1.54) is 0 Å². The van der Waals surface area contributed by atoms with Crippen molar-refractivity contribution in [2.75, 3.05) is 19.3 Å². The predicted molar refractivity (Wildman–Crippen MR) is 94.5 cm³/mol. The Labute approximate surface area is 139 Å². The van der Waals surface area contributed by atoms with Gasteiger partial charge >= 0.3 is 0 Å². The van der Waals surface area contributed by atoms with Crippen LogP contribution in [0.4, 0.5) is 0 Å². The van der Waals surface area contributed by atoms with Crippen LogP contribution in [-0.2, 0) is 15.3 Å². The summed E-state index contributed by atoms with van der Waals surface area (Å²) >= 11 is 0. The van der Waals surface area contributed by atoms with Crippen LogP contribution in [0.5, 0.6) is 0 Å². The first kappa shape index (κ1) is 17.8. The van der Waals surface area contributed by atoms with Gasteiger partial charge in [0.2, 0.25) is 0 Å². The van der Waals surface area contributed by atoms with E-state index in [1.54, 1.807) is 12.1 Å². The van der Waals surface area contributed by atoms with Gasteiger partial charge in [-0.15, -0.1) is 0 Å². The quantitative estimate of drug-likeness (QED) is 0.660. The highest BCUT2D eigenvalue weighted by atomic mass is 32.2. The van der Waals surface area contributed by atoms with Crippen molar-refractivity contribution in [2.45, 2.75) is 50.0 Å². The maximum atomic E-state index is 12.4. The molecule has 0 unspecified atom stereocenters. The molecule has 1 saturated carbocycles. The minimum atomic E-state index is -3.33. The molecular weight excluding hydrogens is 310 g/mol. The van der Waals surface area contributed by atoms with Gasteiger partial charge in [-0.2, -0.15) is 0 Å². The lowest BCUT2D eigenvalue weighted by atomic mass is 9.87. The van der Waals surface area contributed by atoms with E-state index >= 15 is 0 Å². The Morgan fingerprint density at radius 2 is 1.83 bits per heavy atom. The molecule has 0 radical (unpaired) electrons. The molecule has 2 N–H and O–H groups in total. The Morgan fingerprint density at radius 3 is 2.30 bits per heavy atom. The second-order valence-electron chi connectivity index (χ2n) is 7.18. The molecular formula is C17H27N3O2S. The third-order valence-electron chi connectivity index (χ3n) is 4.17. The van der Waals surface area contributed by atoms with Crippen molar-refractivity contribution in [3.05, 3.63) is 29.8 Å². The van der Waals surface area contributed by atoms with Gasteiger partial charge in [-0.3, -0.25) is 4.99 Å². The molecule has 1 aromatic carbocycles. The van der Waals surface area contributed by atoms with Gasteiger partial charge in [-0.25, -0.2) is 8.42 Å². The van der Waals surface area contributed by atoms with E-state index in [0.717, 1.165) is 18.4 Å². The van der Waals surface area contributed by atoms with E-state index in [1.807, 2.05) is 24.1 Å². The maximum absolute atomic E-state index is 12.4. The normalized spacial score (nSPS) is 16.4. The Hall–Kier alpha value is -1.56. The molecule has 0 spiro atoms. The van der Waals surface area contributed by atoms with Gasteiger partial charge in [0.25, 0.3) is 0 Å². The highest BCUT2D eigenvalue weighted by Crippen LogP contribution is 2.25. The van der Waals surface area contributed by atoms with E-state index in [-0.39, 0.29) is 17.7 Å². The molecule has 0 amide bonds. The second-order valence-corrected chi connectivity index (χ2v) is 9.28. The van der Waals surface area contributed by atoms with Gasteiger partial charge in [0.05, 0.1) is 17.2 Å². The standard InChI is InChI=1S/C17H27N3O2S/c1-17(2,3)13-5-9-15(10-6-13)23(21,22)12-11-19-16(18)20(4)14-7-8-14/h5-6,9-10,14H,7-8,11-12H2,1-4H3,(H2,18,19). The minimum Gasteiger partial charge on any atom is -0.370 e. The number of aliphatic imine (C=N–C) groups is 1. The smallest absolute Gasteiger partial charge is 0.191 e. The molecule has 0 heterocycles. The fourth-order valence-corrected chi connectivity index (χ4v) is 3.44. The van der Waals surface area contributed by atoms with E-state index < -0.39 is 9.84 Å². The molecule has 0 aromatic heterocycles. The van der Waals surface area contributed by atoms with E-state index in [4.69, 9.17) is 5.73 Å². The Morgan fingerprint density at radius 1 is 1.26 bits per heavy atom. The summed E-state index contributed by atoms with van der Waals surface area (Å²) in [5, 5.41) is 0. The van der Waals surface area contributed by atoms with Gasteiger partial charge in [0.1, 0.15) is 0 Å². The molecule has 0 saturated heterocycles. The van der Waals surface area contributed by atoms with Crippen LogP contribution in [0, 0.1) is 0 Å². The van der Waals surface area contributed by atoms with Gasteiger partial charge in [0, 0.05) is 13.1 Å². The van der Waals surface area contributed by atoms with Crippen LogP contribution in [0.1, 0.15) is 39.2 Å². The maximum Gasteiger partial charge on any atom is 0.191 e. The average molecular weight is 337 g/mol. The van der Waals surface area contributed by atoms with Crippen LogP contribution in [0.2, 0.25) is 0 Å². The molecule has 0 aliphatic heterocycles. The van der Waals surface area contributed by atoms with Crippen LogP contribution >= 0.6 is 0 Å². The molecule has 1 aromatic rings.